The lowest BCUT2D eigenvalue weighted by atomic mass is 10.2. The molecule has 0 aliphatic heterocycles. The van der Waals surface area contributed by atoms with Crippen molar-refractivity contribution in [3.63, 3.8) is 0 Å². The number of nitrogens with one attached hydrogen (secondary N) is 3. The number of carbonyl (C=O) groups is 3. The van der Waals surface area contributed by atoms with E-state index >= 15 is 0 Å². The van der Waals surface area contributed by atoms with Crippen molar-refractivity contribution >= 4 is 52.5 Å². The van der Waals surface area contributed by atoms with Crippen LogP contribution in [0, 0.1) is 0 Å². The average Bonchev–Trinajstić information content (AvgIpc) is 3.23. The molecule has 8 nitrogen and oxygen atoms in total. The third-order valence-electron chi connectivity index (χ3n) is 3.23. The first kappa shape index (κ1) is 22.1. The quantitative estimate of drug-likeness (QED) is 0.266. The van der Waals surface area contributed by atoms with Gasteiger partial charge in [-0.1, -0.05) is 6.07 Å². The Bertz CT molecular complexity index is 880. The van der Waals surface area contributed by atoms with Gasteiger partial charge in [0.2, 0.25) is 5.91 Å². The molecule has 2 aromatic rings. The summed E-state index contributed by atoms with van der Waals surface area (Å²) in [5.41, 5.74) is 5.10. The van der Waals surface area contributed by atoms with Gasteiger partial charge in [-0.05, 0) is 60.9 Å². The Balaban J connectivity index is 1.67. The Morgan fingerprint density at radius 2 is 1.90 bits per heavy atom. The van der Waals surface area contributed by atoms with Crippen LogP contribution in [-0.4, -0.2) is 36.1 Å². The van der Waals surface area contributed by atoms with Crippen LogP contribution in [0.5, 0.6) is 5.75 Å². The lowest BCUT2D eigenvalue weighted by molar-refractivity contribution is -0.123. The molecular weight excluding hydrogens is 414 g/mol. The number of esters is 1. The second kappa shape index (κ2) is 11.6. The van der Waals surface area contributed by atoms with Crippen molar-refractivity contribution in [2.75, 3.05) is 13.2 Å². The van der Waals surface area contributed by atoms with E-state index in [1.165, 1.54) is 29.5 Å². The second-order valence-corrected chi connectivity index (χ2v) is 6.76. The molecule has 1 aromatic carbocycles. The molecule has 29 heavy (non-hydrogen) atoms. The largest absolute Gasteiger partial charge is 0.484 e. The number of hydrogen-bond acceptors (Lipinski definition) is 7. The monoisotopic (exact) mass is 433 g/mol. The SMILES string of the molecule is CCOC(=O)c1ccc(OCC(=O)NNC(=S)NC(=O)/C=C/c2cccs2)cc1. The van der Waals surface area contributed by atoms with E-state index in [1.54, 1.807) is 25.1 Å². The summed E-state index contributed by atoms with van der Waals surface area (Å²) in [7, 11) is 0. The van der Waals surface area contributed by atoms with Crippen molar-refractivity contribution in [1.82, 2.24) is 16.2 Å². The van der Waals surface area contributed by atoms with Crippen LogP contribution in [0.4, 0.5) is 0 Å². The van der Waals surface area contributed by atoms with E-state index in [-0.39, 0.29) is 18.3 Å². The first-order chi connectivity index (χ1) is 14.0. The van der Waals surface area contributed by atoms with Gasteiger partial charge in [0.05, 0.1) is 12.2 Å². The number of thiocarbonyl (C=S) groups is 1. The molecule has 2 rings (SSSR count). The number of amides is 2. The van der Waals surface area contributed by atoms with Crippen LogP contribution >= 0.6 is 23.6 Å². The summed E-state index contributed by atoms with van der Waals surface area (Å²) in [6, 6.07) is 9.93. The van der Waals surface area contributed by atoms with Crippen LogP contribution in [0.15, 0.2) is 47.9 Å². The van der Waals surface area contributed by atoms with Gasteiger partial charge in [0.25, 0.3) is 5.91 Å². The first-order valence-corrected chi connectivity index (χ1v) is 9.78. The molecule has 0 unspecified atom stereocenters. The summed E-state index contributed by atoms with van der Waals surface area (Å²) >= 11 is 6.42. The van der Waals surface area contributed by atoms with Crippen molar-refractivity contribution < 1.29 is 23.9 Å². The number of thiophene rings is 1. The molecule has 10 heteroatoms. The lowest BCUT2D eigenvalue weighted by Gasteiger charge is -2.10. The van der Waals surface area contributed by atoms with Crippen molar-refractivity contribution in [1.29, 1.82) is 0 Å². The van der Waals surface area contributed by atoms with E-state index < -0.39 is 17.8 Å². The van der Waals surface area contributed by atoms with E-state index in [0.717, 1.165) is 4.88 Å². The molecule has 0 spiro atoms. The maximum absolute atomic E-state index is 11.8. The summed E-state index contributed by atoms with van der Waals surface area (Å²) in [4.78, 5) is 36.0. The highest BCUT2D eigenvalue weighted by molar-refractivity contribution is 7.80. The summed E-state index contributed by atoms with van der Waals surface area (Å²) in [6.07, 6.45) is 2.99. The minimum atomic E-state index is -0.509. The molecule has 0 radical (unpaired) electrons. The van der Waals surface area contributed by atoms with Gasteiger partial charge in [0.15, 0.2) is 11.7 Å². The molecule has 1 aromatic heterocycles. The van der Waals surface area contributed by atoms with Gasteiger partial charge in [-0.3, -0.25) is 25.8 Å². The first-order valence-electron chi connectivity index (χ1n) is 8.49. The van der Waals surface area contributed by atoms with Crippen LogP contribution in [0.1, 0.15) is 22.2 Å². The van der Waals surface area contributed by atoms with E-state index in [2.05, 4.69) is 16.2 Å². The van der Waals surface area contributed by atoms with Crippen LogP contribution < -0.4 is 20.9 Å². The summed E-state index contributed by atoms with van der Waals surface area (Å²) in [6.45, 7) is 1.72. The van der Waals surface area contributed by atoms with Gasteiger partial charge in [-0.2, -0.15) is 0 Å². The number of benzene rings is 1. The molecule has 2 amide bonds. The van der Waals surface area contributed by atoms with Crippen molar-refractivity contribution in [2.24, 2.45) is 0 Å². The minimum absolute atomic E-state index is 0.0574. The molecule has 0 atom stereocenters. The van der Waals surface area contributed by atoms with Crippen LogP contribution in [0.3, 0.4) is 0 Å². The smallest absolute Gasteiger partial charge is 0.338 e. The molecule has 0 aliphatic rings. The third-order valence-corrected chi connectivity index (χ3v) is 4.27. The fourth-order valence-corrected chi connectivity index (χ4v) is 2.71. The van der Waals surface area contributed by atoms with E-state index in [4.69, 9.17) is 21.7 Å². The fraction of sp³-hybridized carbons (Fsp3) is 0.158. The molecule has 0 saturated heterocycles. The normalized spacial score (nSPS) is 10.2. The fourth-order valence-electron chi connectivity index (χ4n) is 1.94. The highest BCUT2D eigenvalue weighted by Gasteiger charge is 2.08. The van der Waals surface area contributed by atoms with Crippen molar-refractivity contribution in [3.05, 3.63) is 58.3 Å². The molecule has 0 aliphatic carbocycles. The van der Waals surface area contributed by atoms with Crippen LogP contribution in [0.25, 0.3) is 6.08 Å². The Kier molecular flexibility index (Phi) is 8.80. The topological polar surface area (TPSA) is 106 Å². The molecule has 152 valence electrons. The van der Waals surface area contributed by atoms with E-state index in [9.17, 15) is 14.4 Å². The molecule has 1 heterocycles. The maximum Gasteiger partial charge on any atom is 0.338 e. The number of hydrogen-bond donors (Lipinski definition) is 3. The van der Waals surface area contributed by atoms with Gasteiger partial charge < -0.3 is 9.47 Å². The van der Waals surface area contributed by atoms with Gasteiger partial charge in [0, 0.05) is 11.0 Å². The van der Waals surface area contributed by atoms with Gasteiger partial charge in [-0.15, -0.1) is 11.3 Å². The predicted molar refractivity (Wildman–Crippen MR) is 113 cm³/mol. The summed E-state index contributed by atoms with van der Waals surface area (Å²) in [5, 5.41) is 4.24. The summed E-state index contributed by atoms with van der Waals surface area (Å²) in [5.74, 6) is -0.960. The zero-order chi connectivity index (χ0) is 21.1. The number of carbonyl (C=O) groups excluding carboxylic acids is 3. The van der Waals surface area contributed by atoms with Gasteiger partial charge in [-0.25, -0.2) is 4.79 Å². The van der Waals surface area contributed by atoms with Crippen LogP contribution in [0.2, 0.25) is 0 Å². The minimum Gasteiger partial charge on any atom is -0.484 e. The highest BCUT2D eigenvalue weighted by atomic mass is 32.1. The van der Waals surface area contributed by atoms with Crippen LogP contribution in [-0.2, 0) is 14.3 Å². The second-order valence-electron chi connectivity index (χ2n) is 5.37. The van der Waals surface area contributed by atoms with Gasteiger partial charge in [0.1, 0.15) is 5.75 Å². The van der Waals surface area contributed by atoms with Crippen molar-refractivity contribution in [2.45, 2.75) is 6.92 Å². The Morgan fingerprint density at radius 3 is 2.55 bits per heavy atom. The third kappa shape index (κ3) is 8.11. The number of hydrazine groups is 1. The average molecular weight is 434 g/mol. The Labute approximate surface area is 176 Å². The van der Waals surface area contributed by atoms with E-state index in [1.807, 2.05) is 17.5 Å². The maximum atomic E-state index is 11.8. The Morgan fingerprint density at radius 1 is 1.14 bits per heavy atom. The number of ether oxygens (including phenoxy) is 2. The van der Waals surface area contributed by atoms with Crippen molar-refractivity contribution in [3.8, 4) is 5.75 Å². The Hall–Kier alpha value is -3.24. The lowest BCUT2D eigenvalue weighted by Crippen LogP contribution is -2.49. The number of rotatable bonds is 7. The molecular formula is C19H19N3O5S2. The molecule has 0 fully saturated rings. The molecule has 3 N–H and O–H groups in total. The highest BCUT2D eigenvalue weighted by Crippen LogP contribution is 2.13. The summed E-state index contributed by atoms with van der Waals surface area (Å²) < 4.78 is 10.2. The molecule has 0 bridgehead atoms. The van der Waals surface area contributed by atoms with Gasteiger partial charge >= 0.3 is 5.97 Å². The standard InChI is InChI=1S/C19H19N3O5S2/c1-2-26-18(25)13-5-7-14(8-6-13)27-12-17(24)21-22-19(28)20-16(23)10-9-15-4-3-11-29-15/h3-11H,2,12H2,1H3,(H,21,24)(H2,20,22,23,28)/b10-9+. The van der Waals surface area contributed by atoms with E-state index in [0.29, 0.717) is 11.3 Å². The zero-order valence-corrected chi connectivity index (χ0v) is 17.1. The zero-order valence-electron chi connectivity index (χ0n) is 15.5. The predicted octanol–water partition coefficient (Wildman–Crippen LogP) is 2.04. The molecule has 0 saturated carbocycles.